The molecule has 0 radical (unpaired) electrons. The number of nitrogens with two attached hydrogens (primary N) is 1. The summed E-state index contributed by atoms with van der Waals surface area (Å²) in [7, 11) is 0. The van der Waals surface area contributed by atoms with Gasteiger partial charge < -0.3 is 5.32 Å². The van der Waals surface area contributed by atoms with E-state index in [4.69, 9.17) is 0 Å². The molecule has 1 aliphatic rings. The van der Waals surface area contributed by atoms with Crippen molar-refractivity contribution in [1.29, 1.82) is 0 Å². The quantitative estimate of drug-likeness (QED) is 0.445. The highest BCUT2D eigenvalue weighted by Gasteiger charge is 2.18. The van der Waals surface area contributed by atoms with Crippen LogP contribution in [0.5, 0.6) is 0 Å². The summed E-state index contributed by atoms with van der Waals surface area (Å²) in [6.45, 7) is 4.59. The van der Waals surface area contributed by atoms with Crippen LogP contribution in [0.3, 0.4) is 0 Å². The van der Waals surface area contributed by atoms with Crippen LogP contribution in [-0.4, -0.2) is 12.1 Å². The van der Waals surface area contributed by atoms with Crippen LogP contribution in [0.4, 0.5) is 0 Å². The third kappa shape index (κ3) is 1.16. The smallest absolute Gasteiger partial charge is 0.0834 e. The molecule has 0 aromatic rings. The molecule has 1 rings (SSSR count). The van der Waals surface area contributed by atoms with Gasteiger partial charge in [0.25, 0.3) is 0 Å². The van der Waals surface area contributed by atoms with E-state index in [1.807, 2.05) is 0 Å². The highest BCUT2D eigenvalue weighted by atomic mass is 15.0. The predicted octanol–water partition coefficient (Wildman–Crippen LogP) is 0.121. The molecular weight excluding hydrogens is 86.1 g/mol. The van der Waals surface area contributed by atoms with Crippen LogP contribution >= 0.6 is 0 Å². The van der Waals surface area contributed by atoms with Gasteiger partial charge >= 0.3 is 0 Å². The van der Waals surface area contributed by atoms with Gasteiger partial charge in [0.2, 0.25) is 0 Å². The molecule has 7 heavy (non-hydrogen) atoms. The lowest BCUT2D eigenvalue weighted by Gasteiger charge is -1.98. The molecule has 1 nitrogen and oxygen atoms in total. The fourth-order valence-corrected chi connectivity index (χ4v) is 1.28. The zero-order valence-electron chi connectivity index (χ0n) is 5.15. The van der Waals surface area contributed by atoms with Crippen molar-refractivity contribution in [3.05, 3.63) is 0 Å². The lowest BCUT2D eigenvalue weighted by molar-refractivity contribution is -0.695. The van der Waals surface area contributed by atoms with E-state index in [1.165, 1.54) is 12.8 Å². The Kier molecular flexibility index (Phi) is 1.33. The SMILES string of the molecule is C[C@H]1CC[C@H](C)[NH2+]1. The zero-order chi connectivity index (χ0) is 5.28. The van der Waals surface area contributed by atoms with Crippen molar-refractivity contribution in [1.82, 2.24) is 0 Å². The van der Waals surface area contributed by atoms with E-state index in [0.29, 0.717) is 0 Å². The Hall–Kier alpha value is -0.0400. The summed E-state index contributed by atoms with van der Waals surface area (Å²) in [4.78, 5) is 0. The van der Waals surface area contributed by atoms with Crippen LogP contribution in [0.25, 0.3) is 0 Å². The Morgan fingerprint density at radius 1 is 1.14 bits per heavy atom. The molecule has 0 unspecified atom stereocenters. The number of quaternary nitrogens is 1. The molecule has 1 heterocycles. The normalized spacial score (nSPS) is 42.0. The van der Waals surface area contributed by atoms with Gasteiger partial charge in [-0.05, 0) is 13.8 Å². The fourth-order valence-electron chi connectivity index (χ4n) is 1.28. The van der Waals surface area contributed by atoms with Gasteiger partial charge in [0.15, 0.2) is 0 Å². The van der Waals surface area contributed by atoms with Crippen molar-refractivity contribution in [2.45, 2.75) is 38.8 Å². The molecule has 1 fully saturated rings. The average Bonchev–Trinajstić information content (AvgIpc) is 1.87. The highest BCUT2D eigenvalue weighted by Crippen LogP contribution is 2.01. The van der Waals surface area contributed by atoms with Crippen LogP contribution in [0.2, 0.25) is 0 Å². The second kappa shape index (κ2) is 1.83. The van der Waals surface area contributed by atoms with Gasteiger partial charge in [0.05, 0.1) is 12.1 Å². The van der Waals surface area contributed by atoms with Crippen molar-refractivity contribution in [3.8, 4) is 0 Å². The van der Waals surface area contributed by atoms with E-state index in [1.54, 1.807) is 0 Å². The van der Waals surface area contributed by atoms with Gasteiger partial charge in [-0.1, -0.05) is 0 Å². The molecule has 0 aliphatic carbocycles. The number of hydrogen-bond donors (Lipinski definition) is 1. The summed E-state index contributed by atoms with van der Waals surface area (Å²) in [5.74, 6) is 0. The zero-order valence-corrected chi connectivity index (χ0v) is 5.15. The van der Waals surface area contributed by atoms with Gasteiger partial charge in [-0.2, -0.15) is 0 Å². The Bertz CT molecular complexity index is 53.2. The minimum absolute atomic E-state index is 0.898. The van der Waals surface area contributed by atoms with Crippen LogP contribution in [0.1, 0.15) is 26.7 Å². The lowest BCUT2D eigenvalue weighted by Crippen LogP contribution is -2.90. The summed E-state index contributed by atoms with van der Waals surface area (Å²) in [5.41, 5.74) is 0. The first-order chi connectivity index (χ1) is 3.29. The molecule has 42 valence electrons. The molecule has 2 atom stereocenters. The maximum Gasteiger partial charge on any atom is 0.0834 e. The maximum absolute atomic E-state index is 2.44. The van der Waals surface area contributed by atoms with E-state index < -0.39 is 0 Å². The fraction of sp³-hybridized carbons (Fsp3) is 1.00. The summed E-state index contributed by atoms with van der Waals surface area (Å²) >= 11 is 0. The Labute approximate surface area is 45.1 Å². The van der Waals surface area contributed by atoms with E-state index >= 15 is 0 Å². The number of rotatable bonds is 0. The highest BCUT2D eigenvalue weighted by molar-refractivity contribution is 4.58. The van der Waals surface area contributed by atoms with E-state index in [9.17, 15) is 0 Å². The number of hydrogen-bond acceptors (Lipinski definition) is 0. The van der Waals surface area contributed by atoms with E-state index in [-0.39, 0.29) is 0 Å². The molecule has 0 aromatic heterocycles. The molecule has 1 heteroatoms. The first kappa shape index (κ1) is 5.10. The summed E-state index contributed by atoms with van der Waals surface area (Å²) in [6, 6.07) is 1.80. The molecular formula is C6H14N+. The summed E-state index contributed by atoms with van der Waals surface area (Å²) < 4.78 is 0. The van der Waals surface area contributed by atoms with E-state index in [0.717, 1.165) is 12.1 Å². The van der Waals surface area contributed by atoms with Gasteiger partial charge in [-0.3, -0.25) is 0 Å². The largest absolute Gasteiger partial charge is 0.342 e. The molecule has 1 aliphatic heterocycles. The Morgan fingerprint density at radius 2 is 1.57 bits per heavy atom. The molecule has 2 N–H and O–H groups in total. The predicted molar refractivity (Wildman–Crippen MR) is 30.1 cm³/mol. The minimum atomic E-state index is 0.898. The van der Waals surface area contributed by atoms with Gasteiger partial charge in [0.1, 0.15) is 0 Å². The van der Waals surface area contributed by atoms with Gasteiger partial charge in [-0.25, -0.2) is 0 Å². The Morgan fingerprint density at radius 3 is 1.71 bits per heavy atom. The van der Waals surface area contributed by atoms with E-state index in [2.05, 4.69) is 19.2 Å². The molecule has 0 spiro atoms. The first-order valence-corrected chi connectivity index (χ1v) is 3.14. The van der Waals surface area contributed by atoms with Crippen LogP contribution in [-0.2, 0) is 0 Å². The van der Waals surface area contributed by atoms with Gasteiger partial charge in [0, 0.05) is 12.8 Å². The van der Waals surface area contributed by atoms with Crippen LogP contribution < -0.4 is 5.32 Å². The monoisotopic (exact) mass is 100 g/mol. The van der Waals surface area contributed by atoms with Gasteiger partial charge in [-0.15, -0.1) is 0 Å². The average molecular weight is 100 g/mol. The molecule has 0 bridgehead atoms. The molecule has 0 saturated carbocycles. The molecule has 1 saturated heterocycles. The first-order valence-electron chi connectivity index (χ1n) is 3.14. The standard InChI is InChI=1S/C6H13N/c1-5-3-4-6(2)7-5/h5-7H,3-4H2,1-2H3/p+1/t5-,6-/m0/s1. The second-order valence-electron chi connectivity index (χ2n) is 2.72. The van der Waals surface area contributed by atoms with Crippen molar-refractivity contribution in [2.75, 3.05) is 0 Å². The van der Waals surface area contributed by atoms with Crippen LogP contribution in [0.15, 0.2) is 0 Å². The Balaban J connectivity index is 2.26. The lowest BCUT2D eigenvalue weighted by atomic mass is 10.2. The minimum Gasteiger partial charge on any atom is -0.342 e. The van der Waals surface area contributed by atoms with Crippen molar-refractivity contribution in [3.63, 3.8) is 0 Å². The van der Waals surface area contributed by atoms with Crippen molar-refractivity contribution in [2.24, 2.45) is 0 Å². The summed E-state index contributed by atoms with van der Waals surface area (Å²) in [5, 5.41) is 2.44. The molecule has 0 aromatic carbocycles. The molecule has 0 amide bonds. The van der Waals surface area contributed by atoms with Crippen molar-refractivity contribution >= 4 is 0 Å². The maximum atomic E-state index is 2.44. The topological polar surface area (TPSA) is 16.6 Å². The third-order valence-corrected chi connectivity index (χ3v) is 1.73. The summed E-state index contributed by atoms with van der Waals surface area (Å²) in [6.07, 6.45) is 2.84. The van der Waals surface area contributed by atoms with Crippen LogP contribution in [0, 0.1) is 0 Å². The van der Waals surface area contributed by atoms with Crippen molar-refractivity contribution < 1.29 is 5.32 Å². The third-order valence-electron chi connectivity index (χ3n) is 1.73. The second-order valence-corrected chi connectivity index (χ2v) is 2.72.